The number of benzene rings is 2. The van der Waals surface area contributed by atoms with Gasteiger partial charge in [0.1, 0.15) is 0 Å². The van der Waals surface area contributed by atoms with E-state index in [1.807, 2.05) is 11.8 Å². The summed E-state index contributed by atoms with van der Waals surface area (Å²) in [6, 6.07) is 17.5. The van der Waals surface area contributed by atoms with Gasteiger partial charge in [0, 0.05) is 11.7 Å². The smallest absolute Gasteiger partial charge is 0.0281 e. The molecule has 0 spiro atoms. The lowest BCUT2D eigenvalue weighted by molar-refractivity contribution is 1.02. The molecule has 0 fully saturated rings. The van der Waals surface area contributed by atoms with E-state index < -0.39 is 0 Å². The zero-order valence-electron chi connectivity index (χ0n) is 10.5. The van der Waals surface area contributed by atoms with Gasteiger partial charge in [-0.05, 0) is 28.5 Å². The van der Waals surface area contributed by atoms with E-state index in [1.165, 1.54) is 22.3 Å². The van der Waals surface area contributed by atoms with Crippen LogP contribution in [0.1, 0.15) is 28.2 Å². The van der Waals surface area contributed by atoms with Gasteiger partial charge in [-0.2, -0.15) is 11.8 Å². The average molecular weight is 252 g/mol. The van der Waals surface area contributed by atoms with E-state index in [9.17, 15) is 0 Å². The minimum absolute atomic E-state index is 0.435. The van der Waals surface area contributed by atoms with Crippen molar-refractivity contribution in [1.29, 1.82) is 0 Å². The Kier molecular flexibility index (Phi) is 3.24. The molecule has 1 atom stereocenters. The maximum atomic E-state index is 2.32. The van der Waals surface area contributed by atoms with Crippen molar-refractivity contribution in [2.75, 3.05) is 6.26 Å². The summed E-state index contributed by atoms with van der Waals surface area (Å²) in [4.78, 5) is 0. The summed E-state index contributed by atoms with van der Waals surface area (Å²) in [6.07, 6.45) is 6.73. The molecule has 18 heavy (non-hydrogen) atoms. The molecule has 1 aliphatic rings. The molecule has 3 rings (SSSR count). The van der Waals surface area contributed by atoms with Crippen molar-refractivity contribution in [3.8, 4) is 0 Å². The lowest BCUT2D eigenvalue weighted by atomic mass is 9.90. The van der Waals surface area contributed by atoms with Crippen molar-refractivity contribution < 1.29 is 0 Å². The van der Waals surface area contributed by atoms with Crippen LogP contribution in [0.3, 0.4) is 0 Å². The Hall–Kier alpha value is -1.47. The minimum atomic E-state index is 0.435. The average Bonchev–Trinajstić information content (AvgIpc) is 2.84. The molecule has 2 aromatic carbocycles. The van der Waals surface area contributed by atoms with E-state index in [2.05, 4.69) is 66.9 Å². The summed E-state index contributed by atoms with van der Waals surface area (Å²) in [5.41, 5.74) is 5.71. The quantitative estimate of drug-likeness (QED) is 0.762. The van der Waals surface area contributed by atoms with E-state index in [1.54, 1.807) is 0 Å². The Morgan fingerprint density at radius 3 is 2.50 bits per heavy atom. The van der Waals surface area contributed by atoms with Gasteiger partial charge < -0.3 is 0 Å². The van der Waals surface area contributed by atoms with Crippen LogP contribution in [0.15, 0.2) is 54.6 Å². The van der Waals surface area contributed by atoms with Gasteiger partial charge in [-0.15, -0.1) is 0 Å². The van der Waals surface area contributed by atoms with Crippen molar-refractivity contribution >= 4 is 17.8 Å². The number of hydrogen-bond acceptors (Lipinski definition) is 1. The highest BCUT2D eigenvalue weighted by Crippen LogP contribution is 2.37. The Bertz CT molecular complexity index is 584. The van der Waals surface area contributed by atoms with Gasteiger partial charge in [-0.3, -0.25) is 0 Å². The van der Waals surface area contributed by atoms with Crippen LogP contribution >= 0.6 is 11.8 Å². The van der Waals surface area contributed by atoms with Crippen LogP contribution in [0.25, 0.3) is 6.08 Å². The molecule has 0 N–H and O–H groups in total. The first-order chi connectivity index (χ1) is 8.90. The molecule has 0 aromatic heterocycles. The van der Waals surface area contributed by atoms with Gasteiger partial charge in [-0.25, -0.2) is 0 Å². The third-order valence-corrected chi connectivity index (χ3v) is 4.09. The zero-order valence-corrected chi connectivity index (χ0v) is 11.3. The predicted octanol–water partition coefficient (Wildman–Crippen LogP) is 4.71. The summed E-state index contributed by atoms with van der Waals surface area (Å²) in [5, 5.41) is 0. The molecular formula is C17H16S. The summed E-state index contributed by atoms with van der Waals surface area (Å²) in [5.74, 6) is 1.52. The van der Waals surface area contributed by atoms with Gasteiger partial charge in [0.2, 0.25) is 0 Å². The highest BCUT2D eigenvalue weighted by molar-refractivity contribution is 7.97. The summed E-state index contributed by atoms with van der Waals surface area (Å²) >= 11 is 1.88. The second-order valence-corrected chi connectivity index (χ2v) is 5.46. The number of allylic oxidation sites excluding steroid dienone is 1. The van der Waals surface area contributed by atoms with Crippen LogP contribution in [0.5, 0.6) is 0 Å². The molecule has 0 saturated heterocycles. The van der Waals surface area contributed by atoms with Gasteiger partial charge in [0.15, 0.2) is 0 Å². The van der Waals surface area contributed by atoms with Crippen LogP contribution in [0.2, 0.25) is 0 Å². The van der Waals surface area contributed by atoms with Crippen molar-refractivity contribution in [3.05, 3.63) is 76.9 Å². The van der Waals surface area contributed by atoms with Gasteiger partial charge in [-0.1, -0.05) is 60.7 Å². The van der Waals surface area contributed by atoms with E-state index in [4.69, 9.17) is 0 Å². The highest BCUT2D eigenvalue weighted by Gasteiger charge is 2.20. The zero-order chi connectivity index (χ0) is 12.4. The fourth-order valence-corrected chi connectivity index (χ4v) is 3.22. The minimum Gasteiger partial charge on any atom is -0.161 e. The molecule has 1 heteroatoms. The fraction of sp³-hybridized carbons (Fsp3) is 0.176. The lowest BCUT2D eigenvalue weighted by Gasteiger charge is -2.15. The third kappa shape index (κ3) is 1.99. The molecule has 0 radical (unpaired) electrons. The van der Waals surface area contributed by atoms with Crippen molar-refractivity contribution in [1.82, 2.24) is 0 Å². The second-order valence-electron chi connectivity index (χ2n) is 4.60. The first-order valence-corrected chi connectivity index (χ1v) is 7.63. The SMILES string of the molecule is CSCc1ccccc1C1C=Cc2ccccc21. The lowest BCUT2D eigenvalue weighted by Crippen LogP contribution is -2.00. The van der Waals surface area contributed by atoms with Gasteiger partial charge in [0.05, 0.1) is 0 Å². The summed E-state index contributed by atoms with van der Waals surface area (Å²) < 4.78 is 0. The Morgan fingerprint density at radius 1 is 0.944 bits per heavy atom. The van der Waals surface area contributed by atoms with Crippen LogP contribution in [-0.2, 0) is 5.75 Å². The summed E-state index contributed by atoms with van der Waals surface area (Å²) in [7, 11) is 0. The number of fused-ring (bicyclic) bond motifs is 1. The van der Waals surface area contributed by atoms with Gasteiger partial charge >= 0.3 is 0 Å². The monoisotopic (exact) mass is 252 g/mol. The molecular weight excluding hydrogens is 236 g/mol. The molecule has 0 amide bonds. The first-order valence-electron chi connectivity index (χ1n) is 6.24. The Morgan fingerprint density at radius 2 is 1.67 bits per heavy atom. The number of thioether (sulfide) groups is 1. The standard InChI is InChI=1S/C17H16S/c1-18-12-14-7-3-5-9-16(14)17-11-10-13-6-2-4-8-15(13)17/h2-11,17H,12H2,1H3. The molecule has 0 nitrogen and oxygen atoms in total. The highest BCUT2D eigenvalue weighted by atomic mass is 32.2. The van der Waals surface area contributed by atoms with Crippen LogP contribution < -0.4 is 0 Å². The second kappa shape index (κ2) is 5.03. The van der Waals surface area contributed by atoms with E-state index in [0.29, 0.717) is 5.92 Å². The van der Waals surface area contributed by atoms with Gasteiger partial charge in [0.25, 0.3) is 0 Å². The van der Waals surface area contributed by atoms with Crippen LogP contribution in [0.4, 0.5) is 0 Å². The normalized spacial score (nSPS) is 16.8. The molecule has 1 unspecified atom stereocenters. The topological polar surface area (TPSA) is 0 Å². The van der Waals surface area contributed by atoms with Crippen molar-refractivity contribution in [2.24, 2.45) is 0 Å². The summed E-state index contributed by atoms with van der Waals surface area (Å²) in [6.45, 7) is 0. The van der Waals surface area contributed by atoms with E-state index >= 15 is 0 Å². The largest absolute Gasteiger partial charge is 0.161 e. The van der Waals surface area contributed by atoms with E-state index in [0.717, 1.165) is 5.75 Å². The molecule has 1 aliphatic carbocycles. The Balaban J connectivity index is 2.05. The Labute approximate surface area is 113 Å². The van der Waals surface area contributed by atoms with Crippen molar-refractivity contribution in [3.63, 3.8) is 0 Å². The number of hydrogen-bond donors (Lipinski definition) is 0. The molecule has 90 valence electrons. The molecule has 0 heterocycles. The first kappa shape index (κ1) is 11.6. The maximum absolute atomic E-state index is 2.32. The maximum Gasteiger partial charge on any atom is 0.0281 e. The van der Waals surface area contributed by atoms with E-state index in [-0.39, 0.29) is 0 Å². The molecule has 0 aliphatic heterocycles. The molecule has 0 bridgehead atoms. The number of rotatable bonds is 3. The van der Waals surface area contributed by atoms with Crippen molar-refractivity contribution in [2.45, 2.75) is 11.7 Å². The molecule has 0 saturated carbocycles. The predicted molar refractivity (Wildman–Crippen MR) is 81.0 cm³/mol. The molecule has 2 aromatic rings. The van der Waals surface area contributed by atoms with Crippen LogP contribution in [0, 0.1) is 0 Å². The third-order valence-electron chi connectivity index (χ3n) is 3.49. The fourth-order valence-electron chi connectivity index (χ4n) is 2.65. The van der Waals surface area contributed by atoms with Crippen LogP contribution in [-0.4, -0.2) is 6.26 Å².